The molecule has 0 aliphatic heterocycles. The van der Waals surface area contributed by atoms with Crippen molar-refractivity contribution in [3.63, 3.8) is 0 Å². The standard InChI is InChI=1S/C17H19N5O5/c1-9-6-11(22(2)21-9)16-19-20-17(27-16)18-15(23)10-7-12(24-3)14(26-5)13(8-10)25-4/h6-8H,1-5H3,(H,18,20,23). The van der Waals surface area contributed by atoms with E-state index in [9.17, 15) is 4.79 Å². The number of carbonyl (C=O) groups excluding carboxylic acids is 1. The Morgan fingerprint density at radius 2 is 1.74 bits per heavy atom. The molecule has 3 rings (SSSR count). The molecule has 2 aromatic heterocycles. The van der Waals surface area contributed by atoms with Gasteiger partial charge in [-0.05, 0) is 25.1 Å². The SMILES string of the molecule is COc1cc(C(=O)Nc2nnc(-c3cc(C)nn3C)o2)cc(OC)c1OC. The Bertz CT molecular complexity index is 953. The molecule has 0 spiro atoms. The van der Waals surface area contributed by atoms with Gasteiger partial charge < -0.3 is 18.6 Å². The zero-order chi connectivity index (χ0) is 19.6. The number of nitrogens with zero attached hydrogens (tertiary/aromatic N) is 4. The Balaban J connectivity index is 1.85. The monoisotopic (exact) mass is 373 g/mol. The van der Waals surface area contributed by atoms with E-state index in [0.717, 1.165) is 5.69 Å². The van der Waals surface area contributed by atoms with E-state index in [2.05, 4.69) is 20.6 Å². The maximum Gasteiger partial charge on any atom is 0.322 e. The zero-order valence-electron chi connectivity index (χ0n) is 15.6. The van der Waals surface area contributed by atoms with Gasteiger partial charge in [-0.15, -0.1) is 5.10 Å². The van der Waals surface area contributed by atoms with Gasteiger partial charge in [0.1, 0.15) is 5.69 Å². The summed E-state index contributed by atoms with van der Waals surface area (Å²) in [5.74, 6) is 0.893. The molecule has 3 aromatic rings. The van der Waals surface area contributed by atoms with Crippen LogP contribution in [0.25, 0.3) is 11.6 Å². The quantitative estimate of drug-likeness (QED) is 0.698. The van der Waals surface area contributed by atoms with Gasteiger partial charge in [0.05, 0.1) is 27.0 Å². The van der Waals surface area contributed by atoms with E-state index in [1.807, 2.05) is 6.92 Å². The van der Waals surface area contributed by atoms with Gasteiger partial charge in [-0.25, -0.2) is 0 Å². The van der Waals surface area contributed by atoms with Crippen LogP contribution in [0.2, 0.25) is 0 Å². The second kappa shape index (κ2) is 7.36. The minimum Gasteiger partial charge on any atom is -0.493 e. The molecular weight excluding hydrogens is 354 g/mol. The molecule has 0 atom stereocenters. The van der Waals surface area contributed by atoms with Crippen LogP contribution < -0.4 is 19.5 Å². The van der Waals surface area contributed by atoms with E-state index >= 15 is 0 Å². The van der Waals surface area contributed by atoms with Crippen molar-refractivity contribution in [1.29, 1.82) is 0 Å². The van der Waals surface area contributed by atoms with Crippen LogP contribution in [0.3, 0.4) is 0 Å². The molecular formula is C17H19N5O5. The first-order valence-corrected chi connectivity index (χ1v) is 7.92. The van der Waals surface area contributed by atoms with Crippen molar-refractivity contribution in [3.05, 3.63) is 29.5 Å². The summed E-state index contributed by atoms with van der Waals surface area (Å²) in [6.07, 6.45) is 0. The summed E-state index contributed by atoms with van der Waals surface area (Å²) < 4.78 is 22.9. The molecule has 10 nitrogen and oxygen atoms in total. The van der Waals surface area contributed by atoms with E-state index < -0.39 is 5.91 Å². The van der Waals surface area contributed by atoms with Crippen molar-refractivity contribution >= 4 is 11.9 Å². The lowest BCUT2D eigenvalue weighted by molar-refractivity contribution is 0.102. The number of amides is 1. The predicted molar refractivity (Wildman–Crippen MR) is 95.3 cm³/mol. The summed E-state index contributed by atoms with van der Waals surface area (Å²) in [4.78, 5) is 12.6. The number of carbonyl (C=O) groups is 1. The van der Waals surface area contributed by atoms with Crippen LogP contribution in [0.15, 0.2) is 22.6 Å². The van der Waals surface area contributed by atoms with Crippen molar-refractivity contribution in [3.8, 4) is 28.8 Å². The number of aromatic nitrogens is 4. The van der Waals surface area contributed by atoms with Gasteiger partial charge >= 0.3 is 6.01 Å². The van der Waals surface area contributed by atoms with Gasteiger partial charge in [0.2, 0.25) is 5.75 Å². The third kappa shape index (κ3) is 3.54. The molecule has 0 aliphatic rings. The maximum atomic E-state index is 12.6. The Morgan fingerprint density at radius 1 is 1.07 bits per heavy atom. The van der Waals surface area contributed by atoms with E-state index in [1.165, 1.54) is 33.5 Å². The van der Waals surface area contributed by atoms with Crippen LogP contribution in [0, 0.1) is 6.92 Å². The highest BCUT2D eigenvalue weighted by atomic mass is 16.5. The van der Waals surface area contributed by atoms with Gasteiger partial charge in [-0.3, -0.25) is 14.8 Å². The van der Waals surface area contributed by atoms with Gasteiger partial charge in [-0.2, -0.15) is 5.10 Å². The van der Waals surface area contributed by atoms with E-state index in [0.29, 0.717) is 22.9 Å². The Labute approximate surface area is 155 Å². The number of benzene rings is 1. The lowest BCUT2D eigenvalue weighted by atomic mass is 10.1. The first-order valence-electron chi connectivity index (χ1n) is 7.92. The van der Waals surface area contributed by atoms with Crippen molar-refractivity contribution in [2.24, 2.45) is 7.05 Å². The van der Waals surface area contributed by atoms with Crippen molar-refractivity contribution in [2.75, 3.05) is 26.6 Å². The maximum absolute atomic E-state index is 12.6. The second-order valence-electron chi connectivity index (χ2n) is 5.58. The normalized spacial score (nSPS) is 10.6. The Kier molecular flexibility index (Phi) is 4.97. The second-order valence-corrected chi connectivity index (χ2v) is 5.58. The summed E-state index contributed by atoms with van der Waals surface area (Å²) in [6.45, 7) is 1.85. The number of aryl methyl sites for hydroxylation is 2. The van der Waals surface area contributed by atoms with Crippen LogP contribution in [0.1, 0.15) is 16.1 Å². The van der Waals surface area contributed by atoms with Crippen LogP contribution in [0.4, 0.5) is 6.01 Å². The molecule has 0 saturated heterocycles. The molecule has 0 fully saturated rings. The first kappa shape index (κ1) is 18.2. The molecule has 27 heavy (non-hydrogen) atoms. The molecule has 0 bridgehead atoms. The lowest BCUT2D eigenvalue weighted by Crippen LogP contribution is -2.13. The summed E-state index contributed by atoms with van der Waals surface area (Å²) in [5.41, 5.74) is 1.74. The summed E-state index contributed by atoms with van der Waals surface area (Å²) in [5, 5.41) is 14.6. The number of nitrogens with one attached hydrogen (secondary N) is 1. The summed E-state index contributed by atoms with van der Waals surface area (Å²) in [6, 6.07) is 4.82. The number of anilines is 1. The lowest BCUT2D eigenvalue weighted by Gasteiger charge is -2.13. The summed E-state index contributed by atoms with van der Waals surface area (Å²) in [7, 11) is 6.19. The average molecular weight is 373 g/mol. The first-order chi connectivity index (χ1) is 13.0. The van der Waals surface area contributed by atoms with Gasteiger partial charge in [0.25, 0.3) is 11.8 Å². The third-order valence-electron chi connectivity index (χ3n) is 3.79. The summed E-state index contributed by atoms with van der Waals surface area (Å²) >= 11 is 0. The van der Waals surface area contributed by atoms with E-state index in [-0.39, 0.29) is 17.5 Å². The minimum atomic E-state index is -0.467. The minimum absolute atomic E-state index is 0.0393. The molecule has 0 radical (unpaired) electrons. The highest BCUT2D eigenvalue weighted by molar-refractivity contribution is 6.04. The van der Waals surface area contributed by atoms with Crippen molar-refractivity contribution < 1.29 is 23.4 Å². The molecule has 0 aliphatic carbocycles. The molecule has 1 amide bonds. The number of ether oxygens (including phenoxy) is 3. The average Bonchev–Trinajstić information content (AvgIpc) is 3.25. The Morgan fingerprint density at radius 3 is 2.26 bits per heavy atom. The van der Waals surface area contributed by atoms with E-state index in [1.54, 1.807) is 17.8 Å². The molecule has 10 heteroatoms. The van der Waals surface area contributed by atoms with Gasteiger partial charge in [0.15, 0.2) is 11.5 Å². The van der Waals surface area contributed by atoms with Gasteiger partial charge in [-0.1, -0.05) is 5.10 Å². The van der Waals surface area contributed by atoms with Crippen LogP contribution in [0.5, 0.6) is 17.2 Å². The van der Waals surface area contributed by atoms with Crippen molar-refractivity contribution in [1.82, 2.24) is 20.0 Å². The van der Waals surface area contributed by atoms with Crippen LogP contribution in [-0.4, -0.2) is 47.2 Å². The molecule has 1 aromatic carbocycles. The molecule has 1 N–H and O–H groups in total. The number of rotatable bonds is 6. The highest BCUT2D eigenvalue weighted by Crippen LogP contribution is 2.38. The third-order valence-corrected chi connectivity index (χ3v) is 3.79. The van der Waals surface area contributed by atoms with Crippen molar-refractivity contribution in [2.45, 2.75) is 6.92 Å². The topological polar surface area (TPSA) is 114 Å². The molecule has 142 valence electrons. The fraction of sp³-hybridized carbons (Fsp3) is 0.294. The fourth-order valence-corrected chi connectivity index (χ4v) is 2.57. The molecule has 0 unspecified atom stereocenters. The zero-order valence-corrected chi connectivity index (χ0v) is 15.6. The molecule has 0 saturated carbocycles. The number of methoxy groups -OCH3 is 3. The van der Waals surface area contributed by atoms with E-state index in [4.69, 9.17) is 18.6 Å². The molecule has 2 heterocycles. The van der Waals surface area contributed by atoms with Crippen LogP contribution >= 0.6 is 0 Å². The number of hydrogen-bond acceptors (Lipinski definition) is 8. The highest BCUT2D eigenvalue weighted by Gasteiger charge is 2.19. The predicted octanol–water partition coefficient (Wildman–Crippen LogP) is 2.06. The number of hydrogen-bond donors (Lipinski definition) is 1. The fourth-order valence-electron chi connectivity index (χ4n) is 2.57. The smallest absolute Gasteiger partial charge is 0.322 e. The Hall–Kier alpha value is -3.56. The van der Waals surface area contributed by atoms with Gasteiger partial charge in [0, 0.05) is 12.6 Å². The largest absolute Gasteiger partial charge is 0.493 e. The van der Waals surface area contributed by atoms with Crippen LogP contribution in [-0.2, 0) is 7.05 Å².